The van der Waals surface area contributed by atoms with Gasteiger partial charge in [0.05, 0.1) is 28.7 Å². The van der Waals surface area contributed by atoms with E-state index in [0.29, 0.717) is 22.7 Å². The van der Waals surface area contributed by atoms with Crippen molar-refractivity contribution in [3.63, 3.8) is 0 Å². The summed E-state index contributed by atoms with van der Waals surface area (Å²) < 4.78 is 0. The topological polar surface area (TPSA) is 69.0 Å². The van der Waals surface area contributed by atoms with Gasteiger partial charge in [-0.15, -0.1) is 0 Å². The van der Waals surface area contributed by atoms with Gasteiger partial charge in [0, 0.05) is 19.3 Å². The minimum Gasteiger partial charge on any atom is -0.370 e. The molecule has 0 saturated carbocycles. The summed E-state index contributed by atoms with van der Waals surface area (Å²) in [5, 5.41) is 11.9. The van der Waals surface area contributed by atoms with Crippen molar-refractivity contribution in [2.75, 3.05) is 23.3 Å². The van der Waals surface area contributed by atoms with Crippen LogP contribution in [0.2, 0.25) is 0 Å². The summed E-state index contributed by atoms with van der Waals surface area (Å²) in [5.74, 6) is 0.399. The van der Waals surface area contributed by atoms with Crippen LogP contribution in [0, 0.1) is 17.2 Å². The Bertz CT molecular complexity index is 781. The number of rotatable bonds is 3. The first-order valence-corrected chi connectivity index (χ1v) is 8.18. The van der Waals surface area contributed by atoms with E-state index in [-0.39, 0.29) is 5.91 Å². The fraction of sp³-hybridized carbons (Fsp3) is 0.316. The average Bonchev–Trinajstić information content (AvgIpc) is 2.62. The summed E-state index contributed by atoms with van der Waals surface area (Å²) in [5.41, 5.74) is 2.43. The third-order valence-corrected chi connectivity index (χ3v) is 4.30. The molecule has 0 radical (unpaired) electrons. The van der Waals surface area contributed by atoms with Gasteiger partial charge >= 0.3 is 0 Å². The summed E-state index contributed by atoms with van der Waals surface area (Å²) >= 11 is 0. The van der Waals surface area contributed by atoms with Crippen molar-refractivity contribution in [3.05, 3.63) is 53.9 Å². The highest BCUT2D eigenvalue weighted by Crippen LogP contribution is 2.23. The first kappa shape index (κ1) is 16.0. The van der Waals surface area contributed by atoms with Crippen LogP contribution in [0.3, 0.4) is 0 Å². The largest absolute Gasteiger partial charge is 0.370 e. The number of benzene rings is 1. The molecule has 0 bridgehead atoms. The van der Waals surface area contributed by atoms with E-state index in [9.17, 15) is 4.79 Å². The van der Waals surface area contributed by atoms with Crippen molar-refractivity contribution in [1.29, 1.82) is 5.26 Å². The number of pyridine rings is 1. The maximum Gasteiger partial charge on any atom is 0.257 e. The number of carbonyl (C=O) groups is 1. The van der Waals surface area contributed by atoms with E-state index in [1.807, 2.05) is 6.07 Å². The normalized spacial score (nSPS) is 17.2. The van der Waals surface area contributed by atoms with Gasteiger partial charge in [-0.3, -0.25) is 9.78 Å². The van der Waals surface area contributed by atoms with E-state index < -0.39 is 0 Å². The monoisotopic (exact) mass is 320 g/mol. The molecule has 1 N–H and O–H groups in total. The number of nitriles is 1. The van der Waals surface area contributed by atoms with Gasteiger partial charge in [0.25, 0.3) is 5.91 Å². The molecule has 1 unspecified atom stereocenters. The summed E-state index contributed by atoms with van der Waals surface area (Å²) in [6, 6.07) is 10.9. The first-order valence-electron chi connectivity index (χ1n) is 8.18. The molecule has 2 aromatic rings. The zero-order valence-electron chi connectivity index (χ0n) is 13.7. The quantitative estimate of drug-likeness (QED) is 0.940. The van der Waals surface area contributed by atoms with Gasteiger partial charge in [0.1, 0.15) is 6.07 Å². The zero-order valence-corrected chi connectivity index (χ0v) is 13.7. The van der Waals surface area contributed by atoms with Gasteiger partial charge in [-0.25, -0.2) is 0 Å². The molecular formula is C19H20N4O. The number of nitrogens with one attached hydrogen (secondary N) is 1. The fourth-order valence-electron chi connectivity index (χ4n) is 3.03. The average molecular weight is 320 g/mol. The predicted octanol–water partition coefficient (Wildman–Crippen LogP) is 3.44. The highest BCUT2D eigenvalue weighted by atomic mass is 16.1. The van der Waals surface area contributed by atoms with Gasteiger partial charge in [-0.05, 0) is 37.0 Å². The number of anilines is 2. The second kappa shape index (κ2) is 7.14. The van der Waals surface area contributed by atoms with Crippen LogP contribution in [0.1, 0.15) is 35.7 Å². The molecule has 3 rings (SSSR count). The minimum absolute atomic E-state index is 0.253. The molecule has 1 saturated heterocycles. The van der Waals surface area contributed by atoms with E-state index in [1.165, 1.54) is 6.42 Å². The lowest BCUT2D eigenvalue weighted by molar-refractivity contribution is 0.102. The number of hydrogen-bond acceptors (Lipinski definition) is 4. The van der Waals surface area contributed by atoms with Crippen molar-refractivity contribution in [2.45, 2.75) is 19.8 Å². The predicted molar refractivity (Wildman–Crippen MR) is 94.0 cm³/mol. The van der Waals surface area contributed by atoms with Crippen molar-refractivity contribution >= 4 is 17.3 Å². The van der Waals surface area contributed by atoms with Gasteiger partial charge in [-0.2, -0.15) is 5.26 Å². The van der Waals surface area contributed by atoms with Gasteiger partial charge in [-0.1, -0.05) is 19.1 Å². The van der Waals surface area contributed by atoms with Crippen molar-refractivity contribution in [2.24, 2.45) is 5.92 Å². The number of amides is 1. The van der Waals surface area contributed by atoms with E-state index in [4.69, 9.17) is 5.26 Å². The number of hydrogen-bond donors (Lipinski definition) is 1. The molecule has 1 aromatic carbocycles. The Kier molecular flexibility index (Phi) is 4.76. The Morgan fingerprint density at radius 1 is 1.38 bits per heavy atom. The number of piperidine rings is 1. The highest BCUT2D eigenvalue weighted by molar-refractivity contribution is 6.05. The smallest absolute Gasteiger partial charge is 0.257 e. The number of carbonyl (C=O) groups excluding carboxylic acids is 1. The molecule has 2 heterocycles. The van der Waals surface area contributed by atoms with Crippen LogP contribution < -0.4 is 10.2 Å². The number of aromatic nitrogens is 1. The highest BCUT2D eigenvalue weighted by Gasteiger charge is 2.18. The summed E-state index contributed by atoms with van der Waals surface area (Å²) in [7, 11) is 0. The molecule has 0 aliphatic carbocycles. The number of para-hydroxylation sites is 1. The summed E-state index contributed by atoms with van der Waals surface area (Å²) in [6.45, 7) is 4.23. The SMILES string of the molecule is CC1CCCN(c2cncc(C(=O)Nc3ccccc3C#N)c2)C1. The Morgan fingerprint density at radius 3 is 3.00 bits per heavy atom. The molecule has 1 atom stereocenters. The Balaban J connectivity index is 1.78. The molecule has 1 aliphatic rings. The van der Waals surface area contributed by atoms with Crippen molar-refractivity contribution < 1.29 is 4.79 Å². The van der Waals surface area contributed by atoms with Crippen molar-refractivity contribution in [3.8, 4) is 6.07 Å². The maximum atomic E-state index is 12.5. The van der Waals surface area contributed by atoms with Crippen LogP contribution >= 0.6 is 0 Å². The molecule has 5 heteroatoms. The van der Waals surface area contributed by atoms with Gasteiger partial charge in [0.2, 0.25) is 0 Å². The summed E-state index contributed by atoms with van der Waals surface area (Å²) in [6.07, 6.45) is 5.77. The molecule has 1 fully saturated rings. The second-order valence-corrected chi connectivity index (χ2v) is 6.24. The van der Waals surface area contributed by atoms with Crippen LogP contribution in [-0.4, -0.2) is 24.0 Å². The van der Waals surface area contributed by atoms with Crippen LogP contribution in [-0.2, 0) is 0 Å². The third kappa shape index (κ3) is 3.54. The van der Waals surface area contributed by atoms with E-state index in [0.717, 1.165) is 25.2 Å². The lowest BCUT2D eigenvalue weighted by atomic mass is 10.00. The molecule has 1 amide bonds. The lowest BCUT2D eigenvalue weighted by Crippen LogP contribution is -2.34. The van der Waals surface area contributed by atoms with Crippen LogP contribution in [0.5, 0.6) is 0 Å². The minimum atomic E-state index is -0.253. The number of nitrogens with zero attached hydrogens (tertiary/aromatic N) is 3. The molecular weight excluding hydrogens is 300 g/mol. The van der Waals surface area contributed by atoms with Gasteiger partial charge in [0.15, 0.2) is 0 Å². The Morgan fingerprint density at radius 2 is 2.21 bits per heavy atom. The fourth-order valence-corrected chi connectivity index (χ4v) is 3.03. The molecule has 0 spiro atoms. The second-order valence-electron chi connectivity index (χ2n) is 6.24. The molecule has 24 heavy (non-hydrogen) atoms. The van der Waals surface area contributed by atoms with E-state index >= 15 is 0 Å². The standard InChI is InChI=1S/C19H20N4O/c1-14-5-4-8-23(13-14)17-9-16(11-21-12-17)19(24)22-18-7-3-2-6-15(18)10-20/h2-3,6-7,9,11-12,14H,4-5,8,13H2,1H3,(H,22,24). The lowest BCUT2D eigenvalue weighted by Gasteiger charge is -2.32. The third-order valence-electron chi connectivity index (χ3n) is 4.30. The molecule has 1 aromatic heterocycles. The Labute approximate surface area is 141 Å². The zero-order chi connectivity index (χ0) is 16.9. The van der Waals surface area contributed by atoms with E-state index in [1.54, 1.807) is 36.7 Å². The molecule has 5 nitrogen and oxygen atoms in total. The van der Waals surface area contributed by atoms with Crippen LogP contribution in [0.4, 0.5) is 11.4 Å². The van der Waals surface area contributed by atoms with Gasteiger partial charge < -0.3 is 10.2 Å². The first-order chi connectivity index (χ1) is 11.7. The van der Waals surface area contributed by atoms with Crippen LogP contribution in [0.25, 0.3) is 0 Å². The van der Waals surface area contributed by atoms with Crippen molar-refractivity contribution in [1.82, 2.24) is 4.98 Å². The molecule has 1 aliphatic heterocycles. The summed E-state index contributed by atoms with van der Waals surface area (Å²) in [4.78, 5) is 19.0. The maximum absolute atomic E-state index is 12.5. The Hall–Kier alpha value is -2.87. The van der Waals surface area contributed by atoms with Crippen LogP contribution in [0.15, 0.2) is 42.7 Å². The van der Waals surface area contributed by atoms with E-state index in [2.05, 4.69) is 28.2 Å². The molecule has 122 valence electrons.